The zero-order chi connectivity index (χ0) is 13.7. The summed E-state index contributed by atoms with van der Waals surface area (Å²) >= 11 is 0. The fourth-order valence-corrected chi connectivity index (χ4v) is 1.79. The van der Waals surface area contributed by atoms with Gasteiger partial charge in [-0.1, -0.05) is 19.9 Å². The van der Waals surface area contributed by atoms with Crippen LogP contribution in [0.3, 0.4) is 0 Å². The number of carbonyl (C=O) groups excluding carboxylic acids is 1. The maximum Gasteiger partial charge on any atom is 0.314 e. The zero-order valence-corrected chi connectivity index (χ0v) is 11.0. The summed E-state index contributed by atoms with van der Waals surface area (Å²) in [7, 11) is 0. The molecule has 0 fully saturated rings. The van der Waals surface area contributed by atoms with E-state index < -0.39 is 0 Å². The molecule has 0 unspecified atom stereocenters. The fourth-order valence-electron chi connectivity index (χ4n) is 1.79. The number of ether oxygens (including phenoxy) is 1. The highest BCUT2D eigenvalue weighted by molar-refractivity contribution is 5.75. The minimum Gasteiger partial charge on any atom is -0.426 e. The first-order valence-electron chi connectivity index (χ1n) is 6.29. The first-order valence-corrected chi connectivity index (χ1v) is 6.29. The molecule has 100 valence electrons. The number of benzene rings is 1. The number of nitrogens with zero attached hydrogens (tertiary/aromatic N) is 4. The normalized spacial score (nSPS) is 10.7. The summed E-state index contributed by atoms with van der Waals surface area (Å²) in [6.45, 7) is 3.96. The molecule has 0 atom stereocenters. The molecule has 6 nitrogen and oxygen atoms in total. The molecule has 19 heavy (non-hydrogen) atoms. The Balaban J connectivity index is 2.14. The maximum absolute atomic E-state index is 11.9. The molecule has 0 saturated heterocycles. The molecular weight excluding hydrogens is 244 g/mol. The highest BCUT2D eigenvalue weighted by atomic mass is 16.5. The van der Waals surface area contributed by atoms with E-state index in [1.807, 2.05) is 19.9 Å². The van der Waals surface area contributed by atoms with Crippen molar-refractivity contribution in [3.8, 4) is 11.4 Å². The van der Waals surface area contributed by atoms with Gasteiger partial charge in [-0.25, -0.2) is 4.68 Å². The van der Waals surface area contributed by atoms with E-state index in [0.717, 1.165) is 18.5 Å². The summed E-state index contributed by atoms with van der Waals surface area (Å²) in [5, 5.41) is 10.9. The molecule has 0 aliphatic rings. The highest BCUT2D eigenvalue weighted by Crippen LogP contribution is 2.18. The van der Waals surface area contributed by atoms with E-state index in [2.05, 4.69) is 15.5 Å². The first-order chi connectivity index (χ1) is 9.24. The van der Waals surface area contributed by atoms with Gasteiger partial charge in [0.2, 0.25) is 0 Å². The predicted molar refractivity (Wildman–Crippen MR) is 68.9 cm³/mol. The van der Waals surface area contributed by atoms with Gasteiger partial charge in [0.15, 0.2) is 0 Å². The molecule has 2 rings (SSSR count). The van der Waals surface area contributed by atoms with E-state index in [1.54, 1.807) is 18.2 Å². The van der Waals surface area contributed by atoms with Crippen molar-refractivity contribution in [3.63, 3.8) is 0 Å². The fraction of sp³-hybridized carbons (Fsp3) is 0.385. The lowest BCUT2D eigenvalue weighted by Crippen LogP contribution is -2.19. The molecule has 1 aromatic heterocycles. The third kappa shape index (κ3) is 3.15. The van der Waals surface area contributed by atoms with Crippen molar-refractivity contribution in [2.75, 3.05) is 0 Å². The number of aromatic nitrogens is 4. The number of rotatable bonds is 5. The second-order valence-electron chi connectivity index (χ2n) is 4.19. The Morgan fingerprint density at radius 2 is 2.16 bits per heavy atom. The lowest BCUT2D eigenvalue weighted by molar-refractivity contribution is -0.139. The minimum absolute atomic E-state index is 0.0586. The summed E-state index contributed by atoms with van der Waals surface area (Å²) < 4.78 is 6.88. The monoisotopic (exact) mass is 260 g/mol. The Kier molecular flexibility index (Phi) is 4.22. The summed E-state index contributed by atoms with van der Waals surface area (Å²) in [4.78, 5) is 11.9. The lowest BCUT2D eigenvalue weighted by atomic mass is 10.0. The molecule has 2 aromatic rings. The molecule has 0 amide bonds. The topological polar surface area (TPSA) is 69.9 Å². The van der Waals surface area contributed by atoms with E-state index in [4.69, 9.17) is 4.74 Å². The standard InChI is InChI=1S/C13H16N4O2/c1-3-10(4-2)13(18)19-12-7-5-6-11(8-12)17-9-14-15-16-17/h5-10H,3-4H2,1-2H3. The van der Waals surface area contributed by atoms with Crippen LogP contribution >= 0.6 is 0 Å². The van der Waals surface area contributed by atoms with Crippen LogP contribution in [0.1, 0.15) is 26.7 Å². The Morgan fingerprint density at radius 3 is 2.79 bits per heavy atom. The molecule has 0 N–H and O–H groups in total. The Morgan fingerprint density at radius 1 is 1.37 bits per heavy atom. The molecule has 0 spiro atoms. The van der Waals surface area contributed by atoms with Gasteiger partial charge in [0.1, 0.15) is 12.1 Å². The number of esters is 1. The number of tetrazole rings is 1. The van der Waals surface area contributed by atoms with Gasteiger partial charge in [0, 0.05) is 6.07 Å². The Bertz CT molecular complexity index is 535. The Labute approximate surface area is 111 Å². The van der Waals surface area contributed by atoms with Gasteiger partial charge in [-0.15, -0.1) is 5.10 Å². The molecule has 0 aliphatic heterocycles. The number of hydrogen-bond donors (Lipinski definition) is 0. The van der Waals surface area contributed by atoms with Crippen molar-refractivity contribution < 1.29 is 9.53 Å². The molecular formula is C13H16N4O2. The van der Waals surface area contributed by atoms with Crippen molar-refractivity contribution in [2.45, 2.75) is 26.7 Å². The third-order valence-electron chi connectivity index (χ3n) is 2.97. The summed E-state index contributed by atoms with van der Waals surface area (Å²) in [6, 6.07) is 7.11. The minimum atomic E-state index is -0.195. The van der Waals surface area contributed by atoms with Crippen molar-refractivity contribution >= 4 is 5.97 Å². The summed E-state index contributed by atoms with van der Waals surface area (Å²) in [5.74, 6) is 0.250. The van der Waals surface area contributed by atoms with Crippen LogP contribution in [0.5, 0.6) is 5.75 Å². The van der Waals surface area contributed by atoms with Crippen LogP contribution in [0.2, 0.25) is 0 Å². The smallest absolute Gasteiger partial charge is 0.314 e. The molecule has 6 heteroatoms. The Hall–Kier alpha value is -2.24. The van der Waals surface area contributed by atoms with Crippen LogP contribution in [0.25, 0.3) is 5.69 Å². The number of carbonyl (C=O) groups is 1. The van der Waals surface area contributed by atoms with Gasteiger partial charge in [-0.3, -0.25) is 4.79 Å². The van der Waals surface area contributed by atoms with Crippen molar-refractivity contribution in [1.82, 2.24) is 20.2 Å². The third-order valence-corrected chi connectivity index (χ3v) is 2.97. The zero-order valence-electron chi connectivity index (χ0n) is 11.0. The van der Waals surface area contributed by atoms with Gasteiger partial charge >= 0.3 is 5.97 Å². The number of hydrogen-bond acceptors (Lipinski definition) is 5. The lowest BCUT2D eigenvalue weighted by Gasteiger charge is -2.12. The second-order valence-corrected chi connectivity index (χ2v) is 4.19. The first kappa shape index (κ1) is 13.2. The summed E-state index contributed by atoms with van der Waals surface area (Å²) in [6.07, 6.45) is 3.05. The maximum atomic E-state index is 11.9. The molecule has 0 bridgehead atoms. The quantitative estimate of drug-likeness (QED) is 0.607. The van der Waals surface area contributed by atoms with Crippen LogP contribution in [-0.2, 0) is 4.79 Å². The van der Waals surface area contributed by atoms with Crippen molar-refractivity contribution in [2.24, 2.45) is 5.92 Å². The average molecular weight is 260 g/mol. The van der Waals surface area contributed by atoms with Gasteiger partial charge < -0.3 is 4.74 Å². The van der Waals surface area contributed by atoms with Gasteiger partial charge in [-0.2, -0.15) is 0 Å². The van der Waals surface area contributed by atoms with Gasteiger partial charge in [-0.05, 0) is 35.4 Å². The van der Waals surface area contributed by atoms with Crippen molar-refractivity contribution in [3.05, 3.63) is 30.6 Å². The SMILES string of the molecule is CCC(CC)C(=O)Oc1cccc(-n2cnnn2)c1. The average Bonchev–Trinajstić information content (AvgIpc) is 2.94. The molecule has 1 heterocycles. The largest absolute Gasteiger partial charge is 0.426 e. The molecule has 0 radical (unpaired) electrons. The highest BCUT2D eigenvalue weighted by Gasteiger charge is 2.16. The van der Waals surface area contributed by atoms with E-state index in [1.165, 1.54) is 11.0 Å². The molecule has 0 saturated carbocycles. The molecule has 1 aromatic carbocycles. The van der Waals surface area contributed by atoms with Crippen LogP contribution in [0, 0.1) is 5.92 Å². The van der Waals surface area contributed by atoms with Gasteiger partial charge in [0.25, 0.3) is 0 Å². The van der Waals surface area contributed by atoms with E-state index >= 15 is 0 Å². The molecule has 0 aliphatic carbocycles. The second kappa shape index (κ2) is 6.08. The predicted octanol–water partition coefficient (Wildman–Crippen LogP) is 2.00. The van der Waals surface area contributed by atoms with Gasteiger partial charge in [0.05, 0.1) is 11.6 Å². The van der Waals surface area contributed by atoms with Crippen molar-refractivity contribution in [1.29, 1.82) is 0 Å². The van der Waals surface area contributed by atoms with Crippen LogP contribution in [0.15, 0.2) is 30.6 Å². The van der Waals surface area contributed by atoms with E-state index in [9.17, 15) is 4.79 Å². The van der Waals surface area contributed by atoms with E-state index in [0.29, 0.717) is 5.75 Å². The van der Waals surface area contributed by atoms with Crippen LogP contribution in [0.4, 0.5) is 0 Å². The van der Waals surface area contributed by atoms with Crippen LogP contribution < -0.4 is 4.74 Å². The van der Waals surface area contributed by atoms with Crippen LogP contribution in [-0.4, -0.2) is 26.2 Å². The van der Waals surface area contributed by atoms with E-state index in [-0.39, 0.29) is 11.9 Å². The summed E-state index contributed by atoms with van der Waals surface area (Å²) in [5.41, 5.74) is 0.750.